The molecule has 3 aromatic rings. The second kappa shape index (κ2) is 10.8. The highest BCUT2D eigenvalue weighted by atomic mass is 19.1. The number of carboxylic acids is 1. The maximum atomic E-state index is 14.4. The number of carbonyl (C=O) groups excluding carboxylic acids is 2. The minimum absolute atomic E-state index is 0.00256. The van der Waals surface area contributed by atoms with Crippen LogP contribution >= 0.6 is 0 Å². The van der Waals surface area contributed by atoms with Crippen LogP contribution < -0.4 is 10.6 Å². The van der Waals surface area contributed by atoms with Gasteiger partial charge in [0, 0.05) is 18.2 Å². The van der Waals surface area contributed by atoms with E-state index in [2.05, 4.69) is 15.6 Å². The fourth-order valence-electron chi connectivity index (χ4n) is 5.33. The Balaban J connectivity index is 1.22. The van der Waals surface area contributed by atoms with Gasteiger partial charge in [-0.15, -0.1) is 0 Å². The van der Waals surface area contributed by atoms with E-state index in [-0.39, 0.29) is 43.2 Å². The zero-order valence-corrected chi connectivity index (χ0v) is 21.2. The summed E-state index contributed by atoms with van der Waals surface area (Å²) in [7, 11) is 0. The van der Waals surface area contributed by atoms with E-state index in [1.54, 1.807) is 18.2 Å². The number of para-hydroxylation sites is 1. The van der Waals surface area contributed by atoms with Crippen molar-refractivity contribution >= 4 is 40.6 Å². The lowest BCUT2D eigenvalue weighted by atomic mass is 9.86. The Bertz CT molecular complexity index is 1350. The molecule has 0 bridgehead atoms. The normalized spacial score (nSPS) is 23.4. The molecule has 5 rings (SSSR count). The van der Waals surface area contributed by atoms with Crippen molar-refractivity contribution in [2.75, 3.05) is 11.9 Å². The molecule has 10 heteroatoms. The van der Waals surface area contributed by atoms with Gasteiger partial charge in [0.25, 0.3) is 6.01 Å². The number of carbonyl (C=O) groups is 3. The quantitative estimate of drug-likeness (QED) is 0.426. The molecule has 9 nitrogen and oxygen atoms in total. The summed E-state index contributed by atoms with van der Waals surface area (Å²) >= 11 is 0. The third-order valence-electron chi connectivity index (χ3n) is 7.49. The summed E-state index contributed by atoms with van der Waals surface area (Å²) in [6.07, 6.45) is 0.774. The van der Waals surface area contributed by atoms with Crippen LogP contribution in [0, 0.1) is 12.8 Å². The van der Waals surface area contributed by atoms with Gasteiger partial charge < -0.3 is 25.1 Å². The standard InChI is InChI=1S/C28H31FN4O5/c1-16-4-2-3-5-21(16)31-28-32-22-11-6-17(12-24(22)38-28)13-25(34)33-15-19(29)14-23(33)26(35)30-20-9-7-18(8-10-20)27(36)37/h2-6,11-12,18-20,23H,7-10,13-15H2,1H3,(H,30,35)(H,31,32)(H,36,37)/t18?,19-,20?,23-/m0/s1. The summed E-state index contributed by atoms with van der Waals surface area (Å²) < 4.78 is 20.2. The third kappa shape index (κ3) is 5.64. The number of amides is 2. The number of anilines is 2. The van der Waals surface area contributed by atoms with Gasteiger partial charge in [-0.2, -0.15) is 4.98 Å². The number of rotatable bonds is 7. The number of hydrogen-bond donors (Lipinski definition) is 3. The van der Waals surface area contributed by atoms with Crippen molar-refractivity contribution in [2.24, 2.45) is 5.92 Å². The van der Waals surface area contributed by atoms with E-state index in [9.17, 15) is 18.8 Å². The highest BCUT2D eigenvalue weighted by Gasteiger charge is 2.40. The van der Waals surface area contributed by atoms with Gasteiger partial charge in [-0.1, -0.05) is 24.3 Å². The van der Waals surface area contributed by atoms with Crippen molar-refractivity contribution in [1.82, 2.24) is 15.2 Å². The molecule has 1 saturated heterocycles. The van der Waals surface area contributed by atoms with E-state index in [4.69, 9.17) is 9.52 Å². The van der Waals surface area contributed by atoms with E-state index in [0.717, 1.165) is 11.3 Å². The van der Waals surface area contributed by atoms with E-state index >= 15 is 0 Å². The number of likely N-dealkylation sites (tertiary alicyclic amines) is 1. The fraction of sp³-hybridized carbons (Fsp3) is 0.429. The fourth-order valence-corrected chi connectivity index (χ4v) is 5.33. The van der Waals surface area contributed by atoms with Crippen LogP contribution in [0.2, 0.25) is 0 Å². The average Bonchev–Trinajstić information content (AvgIpc) is 3.48. The average molecular weight is 523 g/mol. The van der Waals surface area contributed by atoms with Gasteiger partial charge in [-0.05, 0) is 61.9 Å². The lowest BCUT2D eigenvalue weighted by Gasteiger charge is -2.30. The number of aromatic nitrogens is 1. The molecule has 2 fully saturated rings. The first-order valence-corrected chi connectivity index (χ1v) is 13.0. The highest BCUT2D eigenvalue weighted by molar-refractivity contribution is 5.90. The molecule has 2 atom stereocenters. The molecule has 38 heavy (non-hydrogen) atoms. The molecule has 2 amide bonds. The zero-order chi connectivity index (χ0) is 26.8. The van der Waals surface area contributed by atoms with Crippen LogP contribution in [0.3, 0.4) is 0 Å². The molecule has 1 aliphatic heterocycles. The second-order valence-corrected chi connectivity index (χ2v) is 10.2. The number of nitrogens with zero attached hydrogens (tertiary/aromatic N) is 2. The van der Waals surface area contributed by atoms with Crippen LogP contribution in [0.1, 0.15) is 43.2 Å². The van der Waals surface area contributed by atoms with Gasteiger partial charge in [0.1, 0.15) is 17.7 Å². The maximum Gasteiger partial charge on any atom is 0.306 e. The van der Waals surface area contributed by atoms with E-state index in [0.29, 0.717) is 48.4 Å². The number of aliphatic carboxylic acids is 1. The predicted octanol–water partition coefficient (Wildman–Crippen LogP) is 4.12. The largest absolute Gasteiger partial charge is 0.481 e. The Hall–Kier alpha value is -3.95. The minimum Gasteiger partial charge on any atom is -0.481 e. The molecule has 1 saturated carbocycles. The van der Waals surface area contributed by atoms with Crippen molar-refractivity contribution in [3.8, 4) is 0 Å². The number of aryl methyl sites for hydroxylation is 1. The number of benzene rings is 2. The van der Waals surface area contributed by atoms with Crippen molar-refractivity contribution < 1.29 is 28.3 Å². The highest BCUT2D eigenvalue weighted by Crippen LogP contribution is 2.28. The minimum atomic E-state index is -1.27. The van der Waals surface area contributed by atoms with Crippen molar-refractivity contribution in [3.63, 3.8) is 0 Å². The molecule has 2 aromatic carbocycles. The Morgan fingerprint density at radius 1 is 1.13 bits per heavy atom. The topological polar surface area (TPSA) is 125 Å². The molecule has 200 valence electrons. The number of fused-ring (bicyclic) bond motifs is 1. The Morgan fingerprint density at radius 3 is 2.63 bits per heavy atom. The lowest BCUT2D eigenvalue weighted by Crippen LogP contribution is -2.50. The molecule has 0 unspecified atom stereocenters. The molecular formula is C28H31FN4O5. The van der Waals surface area contributed by atoms with Crippen molar-refractivity contribution in [3.05, 3.63) is 53.6 Å². The van der Waals surface area contributed by atoms with E-state index in [1.165, 1.54) is 4.90 Å². The van der Waals surface area contributed by atoms with Gasteiger partial charge >= 0.3 is 5.97 Å². The van der Waals surface area contributed by atoms with Crippen LogP contribution in [0.15, 0.2) is 46.9 Å². The number of nitrogens with one attached hydrogen (secondary N) is 2. The summed E-state index contributed by atoms with van der Waals surface area (Å²) in [5.74, 6) is -1.92. The first kappa shape index (κ1) is 25.7. The van der Waals surface area contributed by atoms with Gasteiger partial charge in [0.2, 0.25) is 11.8 Å². The monoisotopic (exact) mass is 522 g/mol. The number of oxazole rings is 1. The zero-order valence-electron chi connectivity index (χ0n) is 21.2. The van der Waals surface area contributed by atoms with E-state index in [1.807, 2.05) is 31.2 Å². The molecule has 0 radical (unpaired) electrons. The lowest BCUT2D eigenvalue weighted by molar-refractivity contribution is -0.143. The van der Waals surface area contributed by atoms with Crippen LogP contribution in [-0.2, 0) is 20.8 Å². The Morgan fingerprint density at radius 2 is 1.89 bits per heavy atom. The smallest absolute Gasteiger partial charge is 0.306 e. The van der Waals surface area contributed by atoms with Crippen LogP contribution in [0.25, 0.3) is 11.1 Å². The SMILES string of the molecule is Cc1ccccc1Nc1nc2ccc(CC(=O)N3C[C@@H](F)C[C@H]3C(=O)NC3CCC(C(=O)O)CC3)cc2o1. The third-order valence-corrected chi connectivity index (χ3v) is 7.49. The number of carboxylic acid groups (broad SMARTS) is 1. The molecule has 3 N–H and O–H groups in total. The van der Waals surface area contributed by atoms with Crippen molar-refractivity contribution in [1.29, 1.82) is 0 Å². The summed E-state index contributed by atoms with van der Waals surface area (Å²) in [4.78, 5) is 43.1. The predicted molar refractivity (Wildman–Crippen MR) is 139 cm³/mol. The van der Waals surface area contributed by atoms with Gasteiger partial charge in [-0.3, -0.25) is 14.4 Å². The molecule has 1 aromatic heterocycles. The summed E-state index contributed by atoms with van der Waals surface area (Å²) in [5.41, 5.74) is 3.75. The molecule has 2 heterocycles. The number of hydrogen-bond acceptors (Lipinski definition) is 6. The van der Waals surface area contributed by atoms with Crippen LogP contribution in [0.5, 0.6) is 0 Å². The maximum absolute atomic E-state index is 14.4. The Labute approximate surface area is 219 Å². The van der Waals surface area contributed by atoms with Crippen LogP contribution in [-0.4, -0.2) is 57.6 Å². The van der Waals surface area contributed by atoms with E-state index < -0.39 is 18.2 Å². The Kier molecular flexibility index (Phi) is 7.31. The molecule has 2 aliphatic rings. The summed E-state index contributed by atoms with van der Waals surface area (Å²) in [6.45, 7) is 1.85. The van der Waals surface area contributed by atoms with Gasteiger partial charge in [-0.25, -0.2) is 4.39 Å². The van der Waals surface area contributed by atoms with Gasteiger partial charge in [0.15, 0.2) is 5.58 Å². The van der Waals surface area contributed by atoms with Crippen LogP contribution in [0.4, 0.5) is 16.1 Å². The first-order valence-electron chi connectivity index (χ1n) is 13.0. The number of halogens is 1. The number of alkyl halides is 1. The molecule has 1 aliphatic carbocycles. The van der Waals surface area contributed by atoms with Crippen molar-refractivity contribution in [2.45, 2.75) is 63.7 Å². The summed E-state index contributed by atoms with van der Waals surface area (Å²) in [6, 6.07) is 12.3. The summed E-state index contributed by atoms with van der Waals surface area (Å²) in [5, 5.41) is 15.2. The second-order valence-electron chi connectivity index (χ2n) is 10.2. The molecular weight excluding hydrogens is 491 g/mol. The molecule has 0 spiro atoms. The first-order chi connectivity index (χ1) is 18.3. The van der Waals surface area contributed by atoms with Gasteiger partial charge in [0.05, 0.1) is 18.9 Å².